The summed E-state index contributed by atoms with van der Waals surface area (Å²) in [6.07, 6.45) is -0.508. The predicted molar refractivity (Wildman–Crippen MR) is 72.9 cm³/mol. The topological polar surface area (TPSA) is 29.5 Å². The third-order valence-corrected chi connectivity index (χ3v) is 5.14. The van der Waals surface area contributed by atoms with Gasteiger partial charge in [-0.3, -0.25) is 0 Å². The molecule has 2 rings (SSSR count). The molecule has 2 nitrogen and oxygen atoms in total. The Morgan fingerprint density at radius 3 is 2.76 bits per heavy atom. The van der Waals surface area contributed by atoms with Gasteiger partial charge in [0.25, 0.3) is 0 Å². The van der Waals surface area contributed by atoms with Crippen molar-refractivity contribution in [3.05, 3.63) is 28.3 Å². The molecule has 1 aromatic carbocycles. The van der Waals surface area contributed by atoms with Crippen LogP contribution in [0.25, 0.3) is 0 Å². The molecule has 1 heterocycles. The normalized spacial score (nSPS) is 23.6. The van der Waals surface area contributed by atoms with Crippen LogP contribution < -0.4 is 4.74 Å². The summed E-state index contributed by atoms with van der Waals surface area (Å²) in [5, 5.41) is 11.3. The summed E-state index contributed by atoms with van der Waals surface area (Å²) in [7, 11) is 1.65. The Bertz CT molecular complexity index is 420. The summed E-state index contributed by atoms with van der Waals surface area (Å²) in [6, 6.07) is 3.67. The molecule has 4 heteroatoms. The maximum absolute atomic E-state index is 10.4. The first kappa shape index (κ1) is 13.1. The molecule has 0 bridgehead atoms. The number of aliphatic hydroxyl groups is 1. The van der Waals surface area contributed by atoms with Crippen LogP contribution in [0, 0.1) is 5.92 Å². The van der Waals surface area contributed by atoms with Crippen LogP contribution in [0.1, 0.15) is 31.1 Å². The molecule has 0 aliphatic carbocycles. The first-order chi connectivity index (χ1) is 8.06. The summed E-state index contributed by atoms with van der Waals surface area (Å²) in [5.41, 5.74) is 1.89. The van der Waals surface area contributed by atoms with Gasteiger partial charge in [0, 0.05) is 27.2 Å². The van der Waals surface area contributed by atoms with E-state index in [-0.39, 0.29) is 5.25 Å². The smallest absolute Gasteiger partial charge is 0.123 e. The van der Waals surface area contributed by atoms with Crippen LogP contribution in [0.2, 0.25) is 5.02 Å². The molecule has 94 valence electrons. The van der Waals surface area contributed by atoms with Crippen LogP contribution in [0.5, 0.6) is 5.75 Å². The van der Waals surface area contributed by atoms with E-state index in [1.54, 1.807) is 24.9 Å². The fraction of sp³-hybridized carbons (Fsp3) is 0.538. The lowest BCUT2D eigenvalue weighted by molar-refractivity contribution is 0.155. The Hall–Kier alpha value is -0.380. The molecule has 0 saturated heterocycles. The first-order valence-electron chi connectivity index (χ1n) is 5.71. The lowest BCUT2D eigenvalue weighted by Crippen LogP contribution is -2.26. The van der Waals surface area contributed by atoms with Crippen LogP contribution in [-0.4, -0.2) is 17.5 Å². The SMILES string of the molecule is COc1ccc(Cl)c2c1CSC(C(C)C)C2O. The Morgan fingerprint density at radius 1 is 1.47 bits per heavy atom. The predicted octanol–water partition coefficient (Wildman–Crippen LogP) is 3.65. The monoisotopic (exact) mass is 272 g/mol. The van der Waals surface area contributed by atoms with Crippen LogP contribution >= 0.6 is 23.4 Å². The third kappa shape index (κ3) is 2.28. The van der Waals surface area contributed by atoms with Crippen molar-refractivity contribution < 1.29 is 9.84 Å². The Balaban J connectivity index is 2.48. The minimum atomic E-state index is -0.508. The van der Waals surface area contributed by atoms with Crippen LogP contribution in [0.15, 0.2) is 12.1 Å². The summed E-state index contributed by atoms with van der Waals surface area (Å²) in [4.78, 5) is 0. The highest BCUT2D eigenvalue weighted by Crippen LogP contribution is 2.46. The van der Waals surface area contributed by atoms with E-state index in [9.17, 15) is 5.11 Å². The number of ether oxygens (including phenoxy) is 1. The van der Waals surface area contributed by atoms with Crippen molar-refractivity contribution >= 4 is 23.4 Å². The van der Waals surface area contributed by atoms with Crippen LogP contribution in [-0.2, 0) is 5.75 Å². The average molecular weight is 273 g/mol. The number of benzene rings is 1. The summed E-state index contributed by atoms with van der Waals surface area (Å²) >= 11 is 7.98. The van der Waals surface area contributed by atoms with Gasteiger partial charge in [-0.15, -0.1) is 0 Å². The van der Waals surface area contributed by atoms with E-state index in [0.29, 0.717) is 10.9 Å². The van der Waals surface area contributed by atoms with Gasteiger partial charge in [0.1, 0.15) is 5.75 Å². The lowest BCUT2D eigenvalue weighted by atomic mass is 9.94. The van der Waals surface area contributed by atoms with E-state index < -0.39 is 6.10 Å². The number of aliphatic hydroxyl groups excluding tert-OH is 1. The minimum Gasteiger partial charge on any atom is -0.496 e. The zero-order valence-corrected chi connectivity index (χ0v) is 11.8. The van der Waals surface area contributed by atoms with E-state index in [2.05, 4.69) is 13.8 Å². The maximum Gasteiger partial charge on any atom is 0.123 e. The summed E-state index contributed by atoms with van der Waals surface area (Å²) in [6.45, 7) is 4.25. The first-order valence-corrected chi connectivity index (χ1v) is 7.13. The molecular formula is C13H17ClO2S. The van der Waals surface area contributed by atoms with E-state index >= 15 is 0 Å². The molecule has 0 saturated carbocycles. The van der Waals surface area contributed by atoms with Gasteiger partial charge >= 0.3 is 0 Å². The van der Waals surface area contributed by atoms with Crippen molar-refractivity contribution in [3.63, 3.8) is 0 Å². The van der Waals surface area contributed by atoms with Crippen LogP contribution in [0.3, 0.4) is 0 Å². The van der Waals surface area contributed by atoms with Gasteiger partial charge in [-0.05, 0) is 18.1 Å². The molecule has 0 radical (unpaired) electrons. The van der Waals surface area contributed by atoms with E-state index in [1.165, 1.54) is 0 Å². The van der Waals surface area contributed by atoms with Gasteiger partial charge < -0.3 is 9.84 Å². The molecule has 1 aliphatic heterocycles. The fourth-order valence-electron chi connectivity index (χ4n) is 2.27. The number of hydrogen-bond acceptors (Lipinski definition) is 3. The Kier molecular flexibility index (Phi) is 3.91. The second-order valence-corrected chi connectivity index (χ2v) is 6.18. The van der Waals surface area contributed by atoms with Gasteiger partial charge in [-0.2, -0.15) is 11.8 Å². The highest BCUT2D eigenvalue weighted by Gasteiger charge is 2.33. The molecule has 0 spiro atoms. The van der Waals surface area contributed by atoms with Gasteiger partial charge in [-0.1, -0.05) is 25.4 Å². The standard InChI is InChI=1S/C13H17ClO2S/c1-7(2)13-12(15)11-8(6-17-13)10(16-3)5-4-9(11)14/h4-5,7,12-13,15H,6H2,1-3H3. The quantitative estimate of drug-likeness (QED) is 0.891. The number of halogens is 1. The third-order valence-electron chi connectivity index (χ3n) is 3.16. The van der Waals surface area contributed by atoms with E-state index in [1.807, 2.05) is 6.07 Å². The molecule has 1 aromatic rings. The van der Waals surface area contributed by atoms with E-state index in [0.717, 1.165) is 22.6 Å². The van der Waals surface area contributed by atoms with E-state index in [4.69, 9.17) is 16.3 Å². The number of rotatable bonds is 2. The summed E-state index contributed by atoms with van der Waals surface area (Å²) < 4.78 is 5.33. The van der Waals surface area contributed by atoms with Gasteiger partial charge in [0.2, 0.25) is 0 Å². The van der Waals surface area contributed by atoms with Crippen molar-refractivity contribution in [1.29, 1.82) is 0 Å². The fourth-order valence-corrected chi connectivity index (χ4v) is 3.92. The largest absolute Gasteiger partial charge is 0.496 e. The molecule has 0 aromatic heterocycles. The second kappa shape index (κ2) is 5.09. The number of methoxy groups -OCH3 is 1. The molecule has 2 atom stereocenters. The van der Waals surface area contributed by atoms with Gasteiger partial charge in [-0.25, -0.2) is 0 Å². The van der Waals surface area contributed by atoms with Crippen molar-refractivity contribution in [2.75, 3.05) is 7.11 Å². The molecule has 17 heavy (non-hydrogen) atoms. The number of hydrogen-bond donors (Lipinski definition) is 1. The highest BCUT2D eigenvalue weighted by atomic mass is 35.5. The van der Waals surface area contributed by atoms with Gasteiger partial charge in [0.05, 0.1) is 13.2 Å². The Labute approximate surface area is 111 Å². The zero-order chi connectivity index (χ0) is 12.6. The Morgan fingerprint density at radius 2 is 2.18 bits per heavy atom. The minimum absolute atomic E-state index is 0.201. The second-order valence-electron chi connectivity index (χ2n) is 4.61. The number of fused-ring (bicyclic) bond motifs is 1. The van der Waals surface area contributed by atoms with Crippen molar-refractivity contribution in [2.45, 2.75) is 31.0 Å². The number of thioether (sulfide) groups is 1. The maximum atomic E-state index is 10.4. The van der Waals surface area contributed by atoms with Crippen molar-refractivity contribution in [3.8, 4) is 5.75 Å². The van der Waals surface area contributed by atoms with Crippen molar-refractivity contribution in [2.24, 2.45) is 5.92 Å². The molecular weight excluding hydrogens is 256 g/mol. The molecule has 0 amide bonds. The molecule has 0 fully saturated rings. The zero-order valence-electron chi connectivity index (χ0n) is 10.2. The molecule has 1 aliphatic rings. The lowest BCUT2D eigenvalue weighted by Gasteiger charge is -2.33. The summed E-state index contributed by atoms with van der Waals surface area (Å²) in [5.74, 6) is 2.09. The van der Waals surface area contributed by atoms with Crippen LogP contribution in [0.4, 0.5) is 0 Å². The van der Waals surface area contributed by atoms with Gasteiger partial charge in [0.15, 0.2) is 0 Å². The molecule has 1 N–H and O–H groups in total. The average Bonchev–Trinajstić information content (AvgIpc) is 2.29. The molecule has 2 unspecified atom stereocenters. The van der Waals surface area contributed by atoms with Crippen molar-refractivity contribution in [1.82, 2.24) is 0 Å². The highest BCUT2D eigenvalue weighted by molar-refractivity contribution is 7.99.